The molecule has 6 heteroatoms. The highest BCUT2D eigenvalue weighted by Crippen LogP contribution is 2.25. The molecule has 6 nitrogen and oxygen atoms in total. The number of hydrogen-bond acceptors (Lipinski definition) is 4. The third-order valence-electron chi connectivity index (χ3n) is 3.85. The van der Waals surface area contributed by atoms with E-state index in [4.69, 9.17) is 9.47 Å². The molecule has 2 amide bonds. The van der Waals surface area contributed by atoms with Crippen LogP contribution in [0.2, 0.25) is 0 Å². The minimum Gasteiger partial charge on any atom is -0.448 e. The number of allylic oxidation sites excluding steroid dienone is 2. The maximum absolute atomic E-state index is 12.4. The zero-order valence-corrected chi connectivity index (χ0v) is 15.4. The molecular weight excluding hydrogens is 308 g/mol. The first-order valence-corrected chi connectivity index (χ1v) is 8.62. The van der Waals surface area contributed by atoms with Crippen LogP contribution in [0.3, 0.4) is 0 Å². The molecule has 1 aliphatic heterocycles. The molecule has 0 saturated heterocycles. The van der Waals surface area contributed by atoms with Crippen LogP contribution in [0.25, 0.3) is 0 Å². The van der Waals surface area contributed by atoms with Crippen molar-refractivity contribution in [3.63, 3.8) is 0 Å². The second-order valence-corrected chi connectivity index (χ2v) is 6.08. The van der Waals surface area contributed by atoms with Crippen molar-refractivity contribution < 1.29 is 19.1 Å². The first kappa shape index (κ1) is 20.1. The fourth-order valence-corrected chi connectivity index (χ4v) is 2.64. The molecule has 2 atom stereocenters. The molecular formula is C18H30N2O4. The number of hydrogen-bond donors (Lipinski definition) is 0. The van der Waals surface area contributed by atoms with Crippen LogP contribution in [0.5, 0.6) is 0 Å². The van der Waals surface area contributed by atoms with Crippen molar-refractivity contribution in [3.05, 3.63) is 23.8 Å². The number of carbonyl (C=O) groups excluding carboxylic acids is 2. The van der Waals surface area contributed by atoms with Gasteiger partial charge in [-0.3, -0.25) is 0 Å². The third kappa shape index (κ3) is 5.58. The average Bonchev–Trinajstić information content (AvgIpc) is 2.54. The highest BCUT2D eigenvalue weighted by Gasteiger charge is 2.37. The van der Waals surface area contributed by atoms with Crippen LogP contribution in [0.15, 0.2) is 23.8 Å². The van der Waals surface area contributed by atoms with Crippen LogP contribution in [-0.4, -0.2) is 48.0 Å². The van der Waals surface area contributed by atoms with Crippen LogP contribution >= 0.6 is 0 Å². The summed E-state index contributed by atoms with van der Waals surface area (Å²) >= 11 is 0. The maximum Gasteiger partial charge on any atom is 0.429 e. The lowest BCUT2D eigenvalue weighted by molar-refractivity contribution is -0.0437. The van der Waals surface area contributed by atoms with E-state index in [-0.39, 0.29) is 25.2 Å². The van der Waals surface area contributed by atoms with Crippen molar-refractivity contribution in [1.29, 1.82) is 0 Å². The molecule has 0 bridgehead atoms. The second-order valence-electron chi connectivity index (χ2n) is 6.08. The monoisotopic (exact) mass is 338 g/mol. The summed E-state index contributed by atoms with van der Waals surface area (Å²) in [5.74, 6) is 0.179. The van der Waals surface area contributed by atoms with Gasteiger partial charge in [0.1, 0.15) is 0 Å². The highest BCUT2D eigenvalue weighted by atomic mass is 16.6. The molecule has 0 aromatic heterocycles. The molecule has 1 rings (SSSR count). The number of nitrogens with zero attached hydrogens (tertiary/aromatic N) is 2. The predicted molar refractivity (Wildman–Crippen MR) is 93.3 cm³/mol. The second kappa shape index (κ2) is 10.0. The SMILES string of the molecule is CCOC(=O)N1CC=C[C@@H]([C@@H](C)CCC=C(C)C)N1C(=O)OCC. The largest absolute Gasteiger partial charge is 0.448 e. The Kier molecular flexibility index (Phi) is 8.36. The van der Waals surface area contributed by atoms with Gasteiger partial charge in [0.2, 0.25) is 0 Å². The normalized spacial score (nSPS) is 18.1. The average molecular weight is 338 g/mol. The number of amides is 2. The lowest BCUT2D eigenvalue weighted by Crippen LogP contribution is -2.58. The van der Waals surface area contributed by atoms with Crippen molar-refractivity contribution in [3.8, 4) is 0 Å². The van der Waals surface area contributed by atoms with Gasteiger partial charge in [-0.2, -0.15) is 0 Å². The molecule has 0 aliphatic carbocycles. The molecule has 0 saturated carbocycles. The quantitative estimate of drug-likeness (QED) is 0.683. The summed E-state index contributed by atoms with van der Waals surface area (Å²) in [7, 11) is 0. The van der Waals surface area contributed by atoms with Crippen LogP contribution < -0.4 is 0 Å². The highest BCUT2D eigenvalue weighted by molar-refractivity contribution is 5.75. The molecule has 136 valence electrons. The Balaban J connectivity index is 2.95. The molecule has 0 fully saturated rings. The van der Waals surface area contributed by atoms with Crippen LogP contribution in [0, 0.1) is 5.92 Å². The van der Waals surface area contributed by atoms with E-state index in [0.29, 0.717) is 6.54 Å². The summed E-state index contributed by atoms with van der Waals surface area (Å²) in [6, 6.07) is -0.229. The first-order chi connectivity index (χ1) is 11.4. The van der Waals surface area contributed by atoms with Gasteiger partial charge in [0.25, 0.3) is 0 Å². The number of ether oxygens (including phenoxy) is 2. The number of hydrazine groups is 1. The maximum atomic E-state index is 12.4. The lowest BCUT2D eigenvalue weighted by Gasteiger charge is -2.41. The van der Waals surface area contributed by atoms with E-state index in [2.05, 4.69) is 26.8 Å². The first-order valence-electron chi connectivity index (χ1n) is 8.62. The Hall–Kier alpha value is -1.98. The van der Waals surface area contributed by atoms with E-state index in [0.717, 1.165) is 12.8 Å². The van der Waals surface area contributed by atoms with Gasteiger partial charge in [0, 0.05) is 0 Å². The van der Waals surface area contributed by atoms with E-state index in [1.165, 1.54) is 15.6 Å². The molecule has 1 aliphatic rings. The molecule has 0 aromatic rings. The minimum absolute atomic E-state index is 0.179. The summed E-state index contributed by atoms with van der Waals surface area (Å²) < 4.78 is 10.2. The van der Waals surface area contributed by atoms with Crippen LogP contribution in [0.4, 0.5) is 9.59 Å². The predicted octanol–water partition coefficient (Wildman–Crippen LogP) is 4.14. The summed E-state index contributed by atoms with van der Waals surface area (Å²) in [6.07, 6.45) is 6.84. The van der Waals surface area contributed by atoms with E-state index in [9.17, 15) is 9.59 Å². The van der Waals surface area contributed by atoms with E-state index in [1.54, 1.807) is 13.8 Å². The van der Waals surface area contributed by atoms with Gasteiger partial charge in [-0.15, -0.1) is 0 Å². The number of rotatable bonds is 6. The van der Waals surface area contributed by atoms with Crippen molar-refractivity contribution >= 4 is 12.2 Å². The molecule has 0 unspecified atom stereocenters. The molecule has 0 N–H and O–H groups in total. The zero-order valence-electron chi connectivity index (χ0n) is 15.4. The topological polar surface area (TPSA) is 59.1 Å². The van der Waals surface area contributed by atoms with Gasteiger partial charge < -0.3 is 9.47 Å². The van der Waals surface area contributed by atoms with Gasteiger partial charge in [0.05, 0.1) is 25.8 Å². The summed E-state index contributed by atoms with van der Waals surface area (Å²) in [5, 5.41) is 2.72. The molecule has 0 aromatic carbocycles. The Bertz CT molecular complexity index is 483. The Morgan fingerprint density at radius 1 is 1.21 bits per heavy atom. The lowest BCUT2D eigenvalue weighted by atomic mass is 9.94. The van der Waals surface area contributed by atoms with E-state index < -0.39 is 12.2 Å². The van der Waals surface area contributed by atoms with Gasteiger partial charge in [0.15, 0.2) is 0 Å². The molecule has 0 spiro atoms. The number of carbonyl (C=O) groups is 2. The standard InChI is InChI=1S/C18H30N2O4/c1-6-23-17(21)19-13-9-12-16(20(19)18(22)24-7-2)15(5)11-8-10-14(3)4/h9-10,12,15-16H,6-8,11,13H2,1-5H3/t15-,16-/m0/s1. The molecule has 1 heterocycles. The van der Waals surface area contributed by atoms with Crippen molar-refractivity contribution in [2.24, 2.45) is 5.92 Å². The van der Waals surface area contributed by atoms with Gasteiger partial charge in [-0.25, -0.2) is 19.6 Å². The summed E-state index contributed by atoms with van der Waals surface area (Å²) in [4.78, 5) is 24.6. The minimum atomic E-state index is -0.531. The van der Waals surface area contributed by atoms with Crippen molar-refractivity contribution in [1.82, 2.24) is 10.0 Å². The van der Waals surface area contributed by atoms with Crippen molar-refractivity contribution in [2.75, 3.05) is 19.8 Å². The van der Waals surface area contributed by atoms with Gasteiger partial charge in [-0.1, -0.05) is 30.7 Å². The van der Waals surface area contributed by atoms with E-state index in [1.807, 2.05) is 12.2 Å². The van der Waals surface area contributed by atoms with Crippen LogP contribution in [-0.2, 0) is 9.47 Å². The summed E-state index contributed by atoms with van der Waals surface area (Å²) in [5.41, 5.74) is 1.27. The van der Waals surface area contributed by atoms with Gasteiger partial charge >= 0.3 is 12.2 Å². The Labute approximate surface area is 145 Å². The van der Waals surface area contributed by atoms with Crippen molar-refractivity contribution in [2.45, 2.75) is 53.5 Å². The summed E-state index contributed by atoms with van der Waals surface area (Å²) in [6.45, 7) is 10.5. The smallest absolute Gasteiger partial charge is 0.429 e. The Morgan fingerprint density at radius 2 is 1.83 bits per heavy atom. The Morgan fingerprint density at radius 3 is 2.42 bits per heavy atom. The fourth-order valence-electron chi connectivity index (χ4n) is 2.64. The fraction of sp³-hybridized carbons (Fsp3) is 0.667. The molecule has 24 heavy (non-hydrogen) atoms. The molecule has 0 radical (unpaired) electrons. The van der Waals surface area contributed by atoms with E-state index >= 15 is 0 Å². The van der Waals surface area contributed by atoms with Crippen LogP contribution in [0.1, 0.15) is 47.5 Å². The third-order valence-corrected chi connectivity index (χ3v) is 3.85. The zero-order chi connectivity index (χ0) is 18.1. The van der Waals surface area contributed by atoms with Gasteiger partial charge in [-0.05, 0) is 46.5 Å².